The number of hydrogen-bond donors (Lipinski definition) is 3. The summed E-state index contributed by atoms with van der Waals surface area (Å²) >= 11 is 0. The lowest BCUT2D eigenvalue weighted by Gasteiger charge is -2.15. The first kappa shape index (κ1) is 14.4. The molecule has 3 N–H and O–H groups in total. The quantitative estimate of drug-likeness (QED) is 0.611. The van der Waals surface area contributed by atoms with Crippen molar-refractivity contribution in [1.29, 1.82) is 0 Å². The number of nitrogens with one attached hydrogen (secondary N) is 2. The second-order valence-corrected chi connectivity index (χ2v) is 4.32. The molecule has 1 aromatic heterocycles. The summed E-state index contributed by atoms with van der Waals surface area (Å²) < 4.78 is 0. The number of carbonyl (C=O) groups is 2. The van der Waals surface area contributed by atoms with Gasteiger partial charge in [-0.2, -0.15) is 0 Å². The minimum atomic E-state index is -0.220. The number of rotatable bonds is 8. The Labute approximate surface area is 107 Å². The SMILES string of the molecule is CCCC(CCO)CNC(=O)c1ccc(C=O)[nH]1. The molecule has 5 heteroatoms. The molecule has 0 radical (unpaired) electrons. The number of aliphatic hydroxyl groups excluding tert-OH is 1. The van der Waals surface area contributed by atoms with Crippen LogP contribution in [0.15, 0.2) is 12.1 Å². The monoisotopic (exact) mass is 252 g/mol. The third-order valence-corrected chi connectivity index (χ3v) is 2.87. The van der Waals surface area contributed by atoms with E-state index in [0.717, 1.165) is 12.8 Å². The largest absolute Gasteiger partial charge is 0.396 e. The lowest BCUT2D eigenvalue weighted by atomic mass is 10.0. The number of aromatic nitrogens is 1. The van der Waals surface area contributed by atoms with Gasteiger partial charge in [0.1, 0.15) is 5.69 Å². The molecule has 1 heterocycles. The molecular weight excluding hydrogens is 232 g/mol. The Hall–Kier alpha value is -1.62. The van der Waals surface area contributed by atoms with Gasteiger partial charge in [-0.25, -0.2) is 0 Å². The fourth-order valence-corrected chi connectivity index (χ4v) is 1.88. The van der Waals surface area contributed by atoms with Crippen LogP contribution in [0.25, 0.3) is 0 Å². The van der Waals surface area contributed by atoms with E-state index in [1.165, 1.54) is 0 Å². The second kappa shape index (κ2) is 7.66. The molecule has 0 spiro atoms. The number of amides is 1. The summed E-state index contributed by atoms with van der Waals surface area (Å²) in [6.07, 6.45) is 3.37. The summed E-state index contributed by atoms with van der Waals surface area (Å²) in [6.45, 7) is 2.76. The van der Waals surface area contributed by atoms with Crippen LogP contribution in [0.1, 0.15) is 47.2 Å². The molecule has 0 aliphatic rings. The highest BCUT2D eigenvalue weighted by Crippen LogP contribution is 2.09. The average molecular weight is 252 g/mol. The molecule has 0 aromatic carbocycles. The fraction of sp³-hybridized carbons (Fsp3) is 0.538. The summed E-state index contributed by atoms with van der Waals surface area (Å²) in [5.74, 6) is 0.0756. The molecule has 1 atom stereocenters. The summed E-state index contributed by atoms with van der Waals surface area (Å²) in [4.78, 5) is 25.0. The molecule has 100 valence electrons. The highest BCUT2D eigenvalue weighted by molar-refractivity contribution is 5.93. The van der Waals surface area contributed by atoms with Gasteiger partial charge in [-0.05, 0) is 30.9 Å². The molecule has 1 rings (SSSR count). The maximum absolute atomic E-state index is 11.8. The summed E-state index contributed by atoms with van der Waals surface area (Å²) in [5, 5.41) is 11.7. The van der Waals surface area contributed by atoms with Crippen molar-refractivity contribution in [2.75, 3.05) is 13.2 Å². The first-order chi connectivity index (χ1) is 8.71. The molecule has 0 fully saturated rings. The van der Waals surface area contributed by atoms with Crippen LogP contribution in [0.4, 0.5) is 0 Å². The Morgan fingerprint density at radius 1 is 1.50 bits per heavy atom. The molecule has 0 aliphatic carbocycles. The number of hydrogen-bond acceptors (Lipinski definition) is 3. The second-order valence-electron chi connectivity index (χ2n) is 4.32. The van der Waals surface area contributed by atoms with Crippen molar-refractivity contribution in [2.45, 2.75) is 26.2 Å². The van der Waals surface area contributed by atoms with Crippen LogP contribution >= 0.6 is 0 Å². The molecule has 0 saturated carbocycles. The normalized spacial score (nSPS) is 12.1. The Bertz CT molecular complexity index is 381. The Balaban J connectivity index is 2.45. The third-order valence-electron chi connectivity index (χ3n) is 2.87. The van der Waals surface area contributed by atoms with Gasteiger partial charge in [0, 0.05) is 13.2 Å². The van der Waals surface area contributed by atoms with Crippen molar-refractivity contribution in [3.8, 4) is 0 Å². The van der Waals surface area contributed by atoms with Gasteiger partial charge >= 0.3 is 0 Å². The average Bonchev–Trinajstić information content (AvgIpc) is 2.85. The Morgan fingerprint density at radius 2 is 2.28 bits per heavy atom. The highest BCUT2D eigenvalue weighted by Gasteiger charge is 2.11. The zero-order valence-electron chi connectivity index (χ0n) is 10.6. The van der Waals surface area contributed by atoms with Gasteiger partial charge in [0.05, 0.1) is 5.69 Å². The number of H-pyrrole nitrogens is 1. The molecule has 0 saturated heterocycles. The van der Waals surface area contributed by atoms with Gasteiger partial charge in [0.15, 0.2) is 6.29 Å². The van der Waals surface area contributed by atoms with Gasteiger partial charge < -0.3 is 15.4 Å². The predicted octanol–water partition coefficient (Wildman–Crippen LogP) is 1.36. The lowest BCUT2D eigenvalue weighted by Crippen LogP contribution is -2.30. The Kier molecular flexibility index (Phi) is 6.14. The van der Waals surface area contributed by atoms with Gasteiger partial charge in [0.25, 0.3) is 5.91 Å². The maximum Gasteiger partial charge on any atom is 0.267 e. The van der Waals surface area contributed by atoms with Crippen molar-refractivity contribution in [3.05, 3.63) is 23.5 Å². The molecule has 1 unspecified atom stereocenters. The minimum Gasteiger partial charge on any atom is -0.396 e. The minimum absolute atomic E-state index is 0.137. The molecule has 5 nitrogen and oxygen atoms in total. The fourth-order valence-electron chi connectivity index (χ4n) is 1.88. The number of carbonyl (C=O) groups excluding carboxylic acids is 2. The third kappa shape index (κ3) is 4.33. The van der Waals surface area contributed by atoms with Crippen LogP contribution in [0.3, 0.4) is 0 Å². The number of aliphatic hydroxyl groups is 1. The van der Waals surface area contributed by atoms with E-state index in [1.54, 1.807) is 12.1 Å². The van der Waals surface area contributed by atoms with E-state index in [9.17, 15) is 9.59 Å². The van der Waals surface area contributed by atoms with E-state index in [0.29, 0.717) is 36.6 Å². The molecular formula is C13H20N2O3. The maximum atomic E-state index is 11.8. The van der Waals surface area contributed by atoms with Crippen LogP contribution < -0.4 is 5.32 Å². The number of aromatic amines is 1. The van der Waals surface area contributed by atoms with Crippen LogP contribution in [0.2, 0.25) is 0 Å². The number of aldehydes is 1. The highest BCUT2D eigenvalue weighted by atomic mass is 16.3. The summed E-state index contributed by atoms with van der Waals surface area (Å²) in [7, 11) is 0. The zero-order chi connectivity index (χ0) is 13.4. The van der Waals surface area contributed by atoms with Crippen molar-refractivity contribution < 1.29 is 14.7 Å². The van der Waals surface area contributed by atoms with Gasteiger partial charge in [-0.3, -0.25) is 9.59 Å². The van der Waals surface area contributed by atoms with Crippen molar-refractivity contribution in [2.24, 2.45) is 5.92 Å². The molecule has 0 aliphatic heterocycles. The van der Waals surface area contributed by atoms with E-state index in [4.69, 9.17) is 5.11 Å². The molecule has 1 aromatic rings. The van der Waals surface area contributed by atoms with Crippen molar-refractivity contribution in [3.63, 3.8) is 0 Å². The smallest absolute Gasteiger partial charge is 0.267 e. The summed E-state index contributed by atoms with van der Waals surface area (Å²) in [6, 6.07) is 3.15. The Morgan fingerprint density at radius 3 is 2.83 bits per heavy atom. The van der Waals surface area contributed by atoms with E-state index in [1.807, 2.05) is 0 Å². The topological polar surface area (TPSA) is 82.2 Å². The van der Waals surface area contributed by atoms with E-state index in [-0.39, 0.29) is 12.5 Å². The van der Waals surface area contributed by atoms with Gasteiger partial charge in [0.2, 0.25) is 0 Å². The first-order valence-electron chi connectivity index (χ1n) is 6.24. The first-order valence-corrected chi connectivity index (χ1v) is 6.24. The van der Waals surface area contributed by atoms with Crippen LogP contribution in [-0.4, -0.2) is 35.4 Å². The van der Waals surface area contributed by atoms with Gasteiger partial charge in [-0.15, -0.1) is 0 Å². The standard InChI is InChI=1S/C13H20N2O3/c1-2-3-10(6-7-16)8-14-13(18)12-5-4-11(9-17)15-12/h4-5,9-10,15-16H,2-3,6-8H2,1H3,(H,14,18). The van der Waals surface area contributed by atoms with Crippen molar-refractivity contribution >= 4 is 12.2 Å². The zero-order valence-corrected chi connectivity index (χ0v) is 10.6. The molecule has 18 heavy (non-hydrogen) atoms. The van der Waals surface area contributed by atoms with Crippen LogP contribution in [0.5, 0.6) is 0 Å². The summed E-state index contributed by atoms with van der Waals surface area (Å²) in [5.41, 5.74) is 0.775. The van der Waals surface area contributed by atoms with Crippen molar-refractivity contribution in [1.82, 2.24) is 10.3 Å². The molecule has 0 bridgehead atoms. The van der Waals surface area contributed by atoms with E-state index < -0.39 is 0 Å². The van der Waals surface area contributed by atoms with E-state index in [2.05, 4.69) is 17.2 Å². The predicted molar refractivity (Wildman–Crippen MR) is 68.6 cm³/mol. The molecule has 1 amide bonds. The van der Waals surface area contributed by atoms with Crippen LogP contribution in [0, 0.1) is 5.92 Å². The lowest BCUT2D eigenvalue weighted by molar-refractivity contribution is 0.0938. The van der Waals surface area contributed by atoms with Crippen LogP contribution in [-0.2, 0) is 0 Å². The van der Waals surface area contributed by atoms with E-state index >= 15 is 0 Å². The van der Waals surface area contributed by atoms with Gasteiger partial charge in [-0.1, -0.05) is 13.3 Å².